The summed E-state index contributed by atoms with van der Waals surface area (Å²) in [5.41, 5.74) is 3.19. The topological polar surface area (TPSA) is 107 Å². The number of fused-ring (bicyclic) bond motifs is 3. The standard InChI is InChI=1S/C37H15N5O4S/c1-39-21-7-5-20(6-8-21)26-17-27-28-31-29(35(44)42(36(45)30(26)31)24-13-9-22(40-2)10-14-24)25-15-16-47-33(25)32(28)37(46)41(34(27)43)23-11-3-19(18-38)4-12-23/h3-17H. The highest BCUT2D eigenvalue weighted by Crippen LogP contribution is 2.49. The van der Waals surface area contributed by atoms with E-state index in [1.165, 1.54) is 59.9 Å². The first-order chi connectivity index (χ1) is 22.9. The van der Waals surface area contributed by atoms with Crippen LogP contribution in [0.3, 0.4) is 0 Å². The van der Waals surface area contributed by atoms with Crippen LogP contribution in [0.15, 0.2) is 90.3 Å². The molecule has 2 aliphatic rings. The van der Waals surface area contributed by atoms with Crippen molar-refractivity contribution in [1.82, 2.24) is 0 Å². The molecule has 1 aromatic heterocycles. The number of hydrogen-bond donors (Lipinski definition) is 0. The Bertz CT molecular complexity index is 2570. The Morgan fingerprint density at radius 2 is 1.17 bits per heavy atom. The Morgan fingerprint density at radius 3 is 1.79 bits per heavy atom. The van der Waals surface area contributed by atoms with Gasteiger partial charge in [-0.3, -0.25) is 19.2 Å². The fourth-order valence-corrected chi connectivity index (χ4v) is 7.32. The van der Waals surface area contributed by atoms with E-state index in [-0.39, 0.29) is 44.4 Å². The highest BCUT2D eigenvalue weighted by Gasteiger charge is 2.44. The Morgan fingerprint density at radius 1 is 0.617 bits per heavy atom. The van der Waals surface area contributed by atoms with Gasteiger partial charge in [0.25, 0.3) is 23.6 Å². The van der Waals surface area contributed by atoms with Crippen LogP contribution in [0, 0.1) is 24.5 Å². The number of nitriles is 1. The smallest absolute Gasteiger partial charge is 0.267 e. The van der Waals surface area contributed by atoms with Gasteiger partial charge >= 0.3 is 0 Å². The summed E-state index contributed by atoms with van der Waals surface area (Å²) in [4.78, 5) is 66.8. The monoisotopic (exact) mass is 625 g/mol. The minimum absolute atomic E-state index is 0.138. The number of thiophene rings is 1. The number of carbonyl (C=O) groups excluding carboxylic acids is 4. The molecule has 4 amide bonds. The van der Waals surface area contributed by atoms with Crippen LogP contribution in [-0.2, 0) is 0 Å². The number of nitrogens with zero attached hydrogens (tertiary/aromatic N) is 5. The van der Waals surface area contributed by atoms with Gasteiger partial charge in [-0.25, -0.2) is 19.5 Å². The van der Waals surface area contributed by atoms with E-state index < -0.39 is 23.6 Å². The highest BCUT2D eigenvalue weighted by molar-refractivity contribution is 7.17. The van der Waals surface area contributed by atoms with E-state index in [1.54, 1.807) is 41.8 Å². The van der Waals surface area contributed by atoms with Crippen LogP contribution >= 0.6 is 11.3 Å². The molecule has 0 saturated carbocycles. The Hall–Kier alpha value is -6.93. The molecule has 0 bridgehead atoms. The molecule has 0 radical (unpaired) electrons. The van der Waals surface area contributed by atoms with Crippen molar-refractivity contribution < 1.29 is 19.2 Å². The molecule has 0 atom stereocenters. The second-order valence-electron chi connectivity index (χ2n) is 10.8. The summed E-state index contributed by atoms with van der Waals surface area (Å²) in [6.45, 7) is 14.7. The molecular weight excluding hydrogens is 611 g/mol. The summed E-state index contributed by atoms with van der Waals surface area (Å²) < 4.78 is 0.496. The summed E-state index contributed by atoms with van der Waals surface area (Å²) in [5, 5.41) is 12.0. The number of hydrogen-bond acceptors (Lipinski definition) is 6. The summed E-state index contributed by atoms with van der Waals surface area (Å²) in [6, 6.07) is 24.1. The first-order valence-corrected chi connectivity index (χ1v) is 15.0. The SMILES string of the molecule is [C-]#[N+]c1ccc(-c2cc3c4c(c5sccc5c5c4c2C(=O)N(c2ccc([N+]#[C-])cc2)C5=O)C(=O)N(c2ccc(C#N)cc2)C3=O)cc1. The molecule has 47 heavy (non-hydrogen) atoms. The van der Waals surface area contributed by atoms with Crippen LogP contribution in [0.5, 0.6) is 0 Å². The van der Waals surface area contributed by atoms with Gasteiger partial charge in [-0.05, 0) is 65.0 Å². The van der Waals surface area contributed by atoms with Crippen molar-refractivity contribution in [2.45, 2.75) is 0 Å². The van der Waals surface area contributed by atoms with Gasteiger partial charge in [-0.15, -0.1) is 11.3 Å². The molecular formula is C37H15N5O4S. The predicted octanol–water partition coefficient (Wildman–Crippen LogP) is 8.30. The zero-order valence-corrected chi connectivity index (χ0v) is 24.8. The molecule has 2 aliphatic heterocycles. The molecule has 0 N–H and O–H groups in total. The van der Waals surface area contributed by atoms with Gasteiger partial charge in [-0.1, -0.05) is 36.4 Å². The summed E-state index contributed by atoms with van der Waals surface area (Å²) in [6.07, 6.45) is 0. The lowest BCUT2D eigenvalue weighted by Gasteiger charge is -2.34. The van der Waals surface area contributed by atoms with Crippen LogP contribution < -0.4 is 9.80 Å². The molecule has 9 nitrogen and oxygen atoms in total. The third kappa shape index (κ3) is 3.79. The fraction of sp³-hybridized carbons (Fsp3) is 0. The van der Waals surface area contributed by atoms with Crippen molar-refractivity contribution in [3.8, 4) is 17.2 Å². The quantitative estimate of drug-likeness (QED) is 0.145. The minimum atomic E-state index is -0.649. The van der Waals surface area contributed by atoms with E-state index in [0.717, 1.165) is 9.80 Å². The average Bonchev–Trinajstić information content (AvgIpc) is 3.59. The second kappa shape index (κ2) is 10.0. The zero-order valence-electron chi connectivity index (χ0n) is 23.9. The van der Waals surface area contributed by atoms with E-state index in [2.05, 4.69) is 9.69 Å². The number of rotatable bonds is 3. The van der Waals surface area contributed by atoms with Crippen molar-refractivity contribution >= 4 is 78.6 Å². The van der Waals surface area contributed by atoms with E-state index >= 15 is 0 Å². The maximum absolute atomic E-state index is 14.6. The van der Waals surface area contributed by atoms with Gasteiger partial charge in [0.05, 0.1) is 47.2 Å². The first kappa shape index (κ1) is 27.6. The third-order valence-electron chi connectivity index (χ3n) is 8.47. The zero-order chi connectivity index (χ0) is 32.6. The van der Waals surface area contributed by atoms with Gasteiger partial charge in [0.15, 0.2) is 11.4 Å². The van der Waals surface area contributed by atoms with Gasteiger partial charge < -0.3 is 0 Å². The van der Waals surface area contributed by atoms with Crippen molar-refractivity contribution in [3.63, 3.8) is 0 Å². The molecule has 3 heterocycles. The predicted molar refractivity (Wildman–Crippen MR) is 177 cm³/mol. The number of amides is 4. The van der Waals surface area contributed by atoms with Gasteiger partial charge in [0, 0.05) is 32.1 Å². The Kier molecular flexibility index (Phi) is 5.90. The number of benzene rings is 5. The molecule has 5 aromatic carbocycles. The number of carbonyl (C=O) groups is 4. The maximum atomic E-state index is 14.6. The molecule has 0 unspecified atom stereocenters. The van der Waals surface area contributed by atoms with Crippen LogP contribution in [-0.4, -0.2) is 23.6 Å². The lowest BCUT2D eigenvalue weighted by molar-refractivity contribution is 0.0875. The maximum Gasteiger partial charge on any atom is 0.267 e. The van der Waals surface area contributed by atoms with E-state index in [0.29, 0.717) is 38.2 Å². The number of imide groups is 2. The van der Waals surface area contributed by atoms with Gasteiger partial charge in [-0.2, -0.15) is 5.26 Å². The Balaban J connectivity index is 1.49. The normalized spacial score (nSPS) is 13.6. The first-order valence-electron chi connectivity index (χ1n) is 14.1. The van der Waals surface area contributed by atoms with Crippen molar-refractivity contribution in [3.05, 3.63) is 141 Å². The lowest BCUT2D eigenvalue weighted by Crippen LogP contribution is -2.44. The largest absolute Gasteiger partial charge is 0.268 e. The molecule has 6 aromatic rings. The van der Waals surface area contributed by atoms with Crippen LogP contribution in [0.4, 0.5) is 22.7 Å². The fourth-order valence-electron chi connectivity index (χ4n) is 6.37. The second-order valence-corrected chi connectivity index (χ2v) is 11.8. The van der Waals surface area contributed by atoms with Gasteiger partial charge in [0.1, 0.15) is 0 Å². The molecule has 10 heteroatoms. The summed E-state index contributed by atoms with van der Waals surface area (Å²) in [7, 11) is 0. The van der Waals surface area contributed by atoms with Gasteiger partial charge in [0.2, 0.25) is 0 Å². The molecule has 0 fully saturated rings. The summed E-state index contributed by atoms with van der Waals surface area (Å²) >= 11 is 1.25. The Labute approximate surface area is 270 Å². The lowest BCUT2D eigenvalue weighted by atomic mass is 9.80. The van der Waals surface area contributed by atoms with Crippen LogP contribution in [0.25, 0.3) is 41.7 Å². The summed E-state index contributed by atoms with van der Waals surface area (Å²) in [5.74, 6) is -2.52. The van der Waals surface area contributed by atoms with Crippen molar-refractivity contribution in [2.24, 2.45) is 0 Å². The third-order valence-corrected chi connectivity index (χ3v) is 9.40. The molecule has 218 valence electrons. The molecule has 0 aliphatic carbocycles. The van der Waals surface area contributed by atoms with Crippen LogP contribution in [0.1, 0.15) is 47.0 Å². The molecule has 0 spiro atoms. The number of anilines is 2. The highest BCUT2D eigenvalue weighted by atomic mass is 32.1. The molecule has 8 rings (SSSR count). The van der Waals surface area contributed by atoms with E-state index in [1.807, 2.05) is 6.07 Å². The molecule has 0 saturated heterocycles. The van der Waals surface area contributed by atoms with Crippen molar-refractivity contribution in [2.75, 3.05) is 9.80 Å². The average molecular weight is 626 g/mol. The van der Waals surface area contributed by atoms with Crippen molar-refractivity contribution in [1.29, 1.82) is 5.26 Å². The minimum Gasteiger partial charge on any atom is -0.268 e. The van der Waals surface area contributed by atoms with Crippen LogP contribution in [0.2, 0.25) is 0 Å². The van der Waals surface area contributed by atoms with E-state index in [9.17, 15) is 24.4 Å². The van der Waals surface area contributed by atoms with E-state index in [4.69, 9.17) is 13.1 Å².